The zero-order chi connectivity index (χ0) is 20.4. The summed E-state index contributed by atoms with van der Waals surface area (Å²) in [5, 5.41) is 0. The molecule has 0 amide bonds. The van der Waals surface area contributed by atoms with Crippen LogP contribution in [-0.2, 0) is 0 Å². The van der Waals surface area contributed by atoms with Crippen molar-refractivity contribution in [3.8, 4) is 0 Å². The van der Waals surface area contributed by atoms with Gasteiger partial charge in [-0.2, -0.15) is 0 Å². The monoisotopic (exact) mass is 400 g/mol. The van der Waals surface area contributed by atoms with Crippen molar-refractivity contribution in [1.29, 1.82) is 0 Å². The molecule has 1 heteroatoms. The number of unbranched alkanes of at least 4 members (excludes halogenated alkanes) is 14. The van der Waals surface area contributed by atoms with Gasteiger partial charge in [0.25, 0.3) is 0 Å². The molecule has 0 nitrogen and oxygen atoms in total. The molecule has 166 valence electrons. The van der Waals surface area contributed by atoms with Gasteiger partial charge in [0.1, 0.15) is 0 Å². The molecule has 0 saturated carbocycles. The first-order chi connectivity index (χ1) is 13.0. The van der Waals surface area contributed by atoms with Crippen LogP contribution in [0, 0.1) is 0 Å². The maximum atomic E-state index is 2.56. The molecule has 0 aliphatic heterocycles. The Labute approximate surface area is 175 Å². The van der Waals surface area contributed by atoms with Gasteiger partial charge in [0.15, 0.2) is 0 Å². The van der Waals surface area contributed by atoms with Crippen molar-refractivity contribution in [3.05, 3.63) is 0 Å². The van der Waals surface area contributed by atoms with Gasteiger partial charge in [-0.15, -0.1) is 0 Å². The summed E-state index contributed by atoms with van der Waals surface area (Å²) in [6, 6.07) is 0. The van der Waals surface area contributed by atoms with E-state index in [0.717, 1.165) is 11.3 Å². The molecular weight excluding hydrogens is 343 g/mol. The predicted octanol–water partition coefficient (Wildman–Crippen LogP) is 9.83. The Morgan fingerprint density at radius 3 is 0.926 bits per heavy atom. The quantitative estimate of drug-likeness (QED) is 0.141. The molecule has 0 spiro atoms. The molecule has 0 fully saturated rings. The Balaban J connectivity index is 4.10. The average molecular weight is 401 g/mol. The van der Waals surface area contributed by atoms with Crippen LogP contribution in [0.4, 0.5) is 0 Å². The topological polar surface area (TPSA) is 0 Å². The fraction of sp³-hybridized carbons (Fsp3) is 1.00. The van der Waals surface area contributed by atoms with Gasteiger partial charge in [0.2, 0.25) is 0 Å². The van der Waals surface area contributed by atoms with Gasteiger partial charge in [-0.25, -0.2) is 0 Å². The maximum absolute atomic E-state index is 2.56. The normalized spacial score (nSPS) is 13.0. The summed E-state index contributed by atoms with van der Waals surface area (Å²) in [6.45, 7) is 14.9. The fourth-order valence-electron chi connectivity index (χ4n) is 5.12. The first-order valence-corrected chi connectivity index (χ1v) is 15.6. The van der Waals surface area contributed by atoms with Crippen LogP contribution < -0.4 is 0 Å². The predicted molar refractivity (Wildman–Crippen MR) is 134 cm³/mol. The van der Waals surface area contributed by atoms with Crippen LogP contribution in [0.15, 0.2) is 0 Å². The van der Waals surface area contributed by atoms with Gasteiger partial charge in [0.05, 0.1) is 0 Å². The molecule has 0 aromatic carbocycles. The van der Waals surface area contributed by atoms with E-state index < -0.39 is 7.26 Å². The van der Waals surface area contributed by atoms with Crippen molar-refractivity contribution in [2.75, 3.05) is 12.3 Å². The minimum atomic E-state index is -1.11. The van der Waals surface area contributed by atoms with E-state index >= 15 is 0 Å². The Morgan fingerprint density at radius 2 is 0.667 bits per heavy atom. The van der Waals surface area contributed by atoms with Gasteiger partial charge < -0.3 is 0 Å². The van der Waals surface area contributed by atoms with Gasteiger partial charge in [-0.05, 0) is 0 Å². The van der Waals surface area contributed by atoms with Crippen molar-refractivity contribution in [1.82, 2.24) is 0 Å². The van der Waals surface area contributed by atoms with E-state index in [9.17, 15) is 0 Å². The zero-order valence-corrected chi connectivity index (χ0v) is 21.4. The van der Waals surface area contributed by atoms with Crippen LogP contribution in [0.25, 0.3) is 0 Å². The molecule has 0 heterocycles. The molecule has 27 heavy (non-hydrogen) atoms. The summed E-state index contributed by atoms with van der Waals surface area (Å²) < 4.78 is 0. The summed E-state index contributed by atoms with van der Waals surface area (Å²) in [7, 11) is -1.11. The molecule has 0 rings (SSSR count). The van der Waals surface area contributed by atoms with E-state index in [-0.39, 0.29) is 0 Å². The summed E-state index contributed by atoms with van der Waals surface area (Å²) >= 11 is 0. The fourth-order valence-corrected chi connectivity index (χ4v) is 10.8. The Kier molecular flexibility index (Phi) is 18.8. The molecule has 0 aliphatic rings. The third-order valence-electron chi connectivity index (χ3n) is 7.29. The van der Waals surface area contributed by atoms with Gasteiger partial charge in [0, 0.05) is 0 Å². The van der Waals surface area contributed by atoms with Crippen molar-refractivity contribution in [2.24, 2.45) is 0 Å². The van der Waals surface area contributed by atoms with Crippen molar-refractivity contribution in [3.63, 3.8) is 0 Å². The molecule has 0 atom stereocenters. The number of rotatable bonds is 20. The van der Waals surface area contributed by atoms with Gasteiger partial charge in [-0.1, -0.05) is 0 Å². The van der Waals surface area contributed by atoms with Crippen LogP contribution in [0.3, 0.4) is 0 Å². The molecule has 0 bridgehead atoms. The molecule has 0 unspecified atom stereocenters. The summed E-state index contributed by atoms with van der Waals surface area (Å²) in [5.74, 6) is 0. The van der Waals surface area contributed by atoms with Crippen LogP contribution >= 0.6 is 7.26 Å². The second kappa shape index (κ2) is 18.5. The Morgan fingerprint density at radius 1 is 0.407 bits per heavy atom. The molecule has 0 N–H and O–H groups in total. The number of hydrogen-bond donors (Lipinski definition) is 0. The zero-order valence-electron chi connectivity index (χ0n) is 20.4. The van der Waals surface area contributed by atoms with E-state index in [4.69, 9.17) is 0 Å². The average Bonchev–Trinajstić information content (AvgIpc) is 2.63. The second-order valence-electron chi connectivity index (χ2n) is 9.99. The van der Waals surface area contributed by atoms with E-state index in [0.29, 0.717) is 0 Å². The second-order valence-corrected chi connectivity index (χ2v) is 15.8. The molecular formula is C26H57P. The molecule has 0 radical (unpaired) electrons. The molecule has 0 aromatic heterocycles. The Hall–Kier alpha value is 0.430. The minimum absolute atomic E-state index is 0.964. The van der Waals surface area contributed by atoms with Crippen molar-refractivity contribution in [2.45, 2.75) is 156 Å². The SMILES string of the molecule is CCCCCCCCCC[PH](CCCCCCCCCC)(C(C)C)C(C)C. The molecule has 0 aromatic rings. The number of hydrogen-bond acceptors (Lipinski definition) is 0. The van der Waals surface area contributed by atoms with Crippen LogP contribution in [0.2, 0.25) is 0 Å². The summed E-state index contributed by atoms with van der Waals surface area (Å²) in [4.78, 5) is 0. The van der Waals surface area contributed by atoms with E-state index in [1.54, 1.807) is 12.3 Å². The van der Waals surface area contributed by atoms with E-state index in [2.05, 4.69) is 41.5 Å². The van der Waals surface area contributed by atoms with E-state index in [1.165, 1.54) is 103 Å². The molecule has 0 aliphatic carbocycles. The van der Waals surface area contributed by atoms with Crippen LogP contribution in [-0.4, -0.2) is 23.6 Å². The summed E-state index contributed by atoms with van der Waals surface area (Å²) in [6.07, 6.45) is 26.7. The molecule has 0 saturated heterocycles. The van der Waals surface area contributed by atoms with Crippen molar-refractivity contribution < 1.29 is 0 Å². The first kappa shape index (κ1) is 27.4. The Bertz CT molecular complexity index is 265. The third-order valence-corrected chi connectivity index (χ3v) is 14.5. The van der Waals surface area contributed by atoms with Gasteiger partial charge >= 0.3 is 175 Å². The van der Waals surface area contributed by atoms with Crippen molar-refractivity contribution >= 4 is 7.26 Å². The van der Waals surface area contributed by atoms with Crippen LogP contribution in [0.1, 0.15) is 144 Å². The van der Waals surface area contributed by atoms with Crippen LogP contribution in [0.5, 0.6) is 0 Å². The van der Waals surface area contributed by atoms with E-state index in [1.807, 2.05) is 0 Å². The first-order valence-electron chi connectivity index (χ1n) is 13.0. The standard InChI is InChI=1S/C26H57P/c1-7-9-11-13-15-17-19-21-23-27(25(3)4,26(5)6)24-22-20-18-16-14-12-10-8-2/h25-27H,7-24H2,1-6H3. The third kappa shape index (κ3) is 13.3. The van der Waals surface area contributed by atoms with Gasteiger partial charge in [-0.3, -0.25) is 0 Å². The summed E-state index contributed by atoms with van der Waals surface area (Å²) in [5.41, 5.74) is 1.93.